The maximum absolute atomic E-state index is 5.36. The first-order chi connectivity index (χ1) is 8.02. The lowest BCUT2D eigenvalue weighted by Crippen LogP contribution is -1.92. The van der Waals surface area contributed by atoms with Crippen LogP contribution in [0.1, 0.15) is 17.0 Å². The van der Waals surface area contributed by atoms with Gasteiger partial charge in [-0.1, -0.05) is 0 Å². The van der Waals surface area contributed by atoms with Crippen LogP contribution in [0.3, 0.4) is 0 Å². The zero-order chi connectivity index (χ0) is 12.6. The maximum atomic E-state index is 5.36. The van der Waals surface area contributed by atoms with Crippen molar-refractivity contribution < 1.29 is 4.74 Å². The molecule has 0 bridgehead atoms. The molecule has 0 spiro atoms. The van der Waals surface area contributed by atoms with Crippen LogP contribution < -0.4 is 4.74 Å². The summed E-state index contributed by atoms with van der Waals surface area (Å²) in [7, 11) is 1.70. The molecule has 4 heteroatoms. The average Bonchev–Trinajstić information content (AvgIpc) is 2.57. The summed E-state index contributed by atoms with van der Waals surface area (Å²) in [4.78, 5) is 7.62. The number of ether oxygens (including phenoxy) is 1. The lowest BCUT2D eigenvalue weighted by atomic mass is 10.0. The van der Waals surface area contributed by atoms with Gasteiger partial charge in [0, 0.05) is 5.56 Å². The van der Waals surface area contributed by atoms with Crippen molar-refractivity contribution in [2.75, 3.05) is 7.11 Å². The van der Waals surface area contributed by atoms with Gasteiger partial charge < -0.3 is 9.72 Å². The number of imidazole rings is 1. The van der Waals surface area contributed by atoms with Gasteiger partial charge in [0.25, 0.3) is 0 Å². The fraction of sp³-hybridized carbons (Fsp3) is 0.308. The number of nitrogens with zero attached hydrogens (tertiary/aromatic N) is 1. The minimum Gasteiger partial charge on any atom is -0.496 e. The Morgan fingerprint density at radius 3 is 2.18 bits per heavy atom. The summed E-state index contributed by atoms with van der Waals surface area (Å²) in [6.07, 6.45) is 0. The number of aromatic nitrogens is 2. The van der Waals surface area contributed by atoms with Crippen LogP contribution in [-0.2, 0) is 0 Å². The Bertz CT molecular complexity index is 538. The van der Waals surface area contributed by atoms with Gasteiger partial charge in [-0.15, -0.1) is 0 Å². The molecule has 1 heterocycles. The highest BCUT2D eigenvalue weighted by molar-refractivity contribution is 9.10. The predicted octanol–water partition coefficient (Wildman–Crippen LogP) is 3.77. The van der Waals surface area contributed by atoms with E-state index in [1.165, 1.54) is 0 Å². The van der Waals surface area contributed by atoms with Crippen molar-refractivity contribution in [3.8, 4) is 17.0 Å². The highest BCUT2D eigenvalue weighted by Gasteiger charge is 2.12. The van der Waals surface area contributed by atoms with Crippen molar-refractivity contribution in [2.24, 2.45) is 0 Å². The Labute approximate surface area is 109 Å². The van der Waals surface area contributed by atoms with Crippen molar-refractivity contribution in [3.05, 3.63) is 33.7 Å². The molecule has 0 aliphatic heterocycles. The minimum absolute atomic E-state index is 0.901. The van der Waals surface area contributed by atoms with E-state index in [-0.39, 0.29) is 0 Å². The van der Waals surface area contributed by atoms with E-state index in [2.05, 4.69) is 38.0 Å². The smallest absolute Gasteiger partial charge is 0.124 e. The summed E-state index contributed by atoms with van der Waals surface area (Å²) in [5.41, 5.74) is 4.28. The Kier molecular flexibility index (Phi) is 3.24. The van der Waals surface area contributed by atoms with Crippen molar-refractivity contribution in [2.45, 2.75) is 20.8 Å². The number of halogens is 1. The third kappa shape index (κ3) is 2.22. The van der Waals surface area contributed by atoms with Crippen LogP contribution in [0, 0.1) is 20.8 Å². The topological polar surface area (TPSA) is 37.9 Å². The second kappa shape index (κ2) is 4.53. The molecular weight excluding hydrogens is 280 g/mol. The highest BCUT2D eigenvalue weighted by Crippen LogP contribution is 2.32. The Morgan fingerprint density at radius 1 is 1.18 bits per heavy atom. The molecule has 0 fully saturated rings. The van der Waals surface area contributed by atoms with Crippen LogP contribution in [0.5, 0.6) is 5.75 Å². The maximum Gasteiger partial charge on any atom is 0.124 e. The molecule has 0 unspecified atom stereocenters. The van der Waals surface area contributed by atoms with Gasteiger partial charge in [-0.05, 0) is 60.0 Å². The molecule has 2 rings (SSSR count). The minimum atomic E-state index is 0.901. The number of hydrogen-bond acceptors (Lipinski definition) is 2. The molecule has 0 saturated heterocycles. The molecule has 1 aromatic heterocycles. The zero-order valence-electron chi connectivity index (χ0n) is 10.4. The van der Waals surface area contributed by atoms with Crippen molar-refractivity contribution in [1.82, 2.24) is 9.97 Å². The molecule has 0 aliphatic rings. The quantitative estimate of drug-likeness (QED) is 0.915. The molecule has 1 aromatic carbocycles. The first kappa shape index (κ1) is 12.2. The van der Waals surface area contributed by atoms with Crippen molar-refractivity contribution in [1.29, 1.82) is 0 Å². The molecule has 0 atom stereocenters. The third-order valence-corrected chi connectivity index (χ3v) is 3.29. The molecule has 0 saturated carbocycles. The van der Waals surface area contributed by atoms with Crippen molar-refractivity contribution >= 4 is 15.9 Å². The average molecular weight is 295 g/mol. The third-order valence-electron chi connectivity index (χ3n) is 2.72. The summed E-state index contributed by atoms with van der Waals surface area (Å²) in [6.45, 7) is 6.03. The number of methoxy groups -OCH3 is 1. The standard InChI is InChI=1S/C13H15BrN2O/c1-7-5-10(6-8(2)12(7)17-4)11-13(14)16-9(3)15-11/h5-6H,1-4H3,(H,15,16). The summed E-state index contributed by atoms with van der Waals surface area (Å²) in [5, 5.41) is 0. The normalized spacial score (nSPS) is 10.6. The van der Waals surface area contributed by atoms with Crippen LogP contribution in [0.25, 0.3) is 11.3 Å². The van der Waals surface area contributed by atoms with Crippen LogP contribution in [-0.4, -0.2) is 17.1 Å². The first-order valence-corrected chi connectivity index (χ1v) is 6.20. The summed E-state index contributed by atoms with van der Waals surface area (Å²) in [5.74, 6) is 1.84. The van der Waals surface area contributed by atoms with Crippen LogP contribution in [0.4, 0.5) is 0 Å². The number of H-pyrrole nitrogens is 1. The monoisotopic (exact) mass is 294 g/mol. The number of aromatic amines is 1. The SMILES string of the molecule is COc1c(C)cc(-c2nc(C)[nH]c2Br)cc1C. The van der Waals surface area contributed by atoms with Crippen LogP contribution >= 0.6 is 15.9 Å². The molecule has 90 valence electrons. The van der Waals surface area contributed by atoms with E-state index >= 15 is 0 Å². The van der Waals surface area contributed by atoms with Crippen LogP contribution in [0.2, 0.25) is 0 Å². The molecule has 2 aromatic rings. The lowest BCUT2D eigenvalue weighted by molar-refractivity contribution is 0.408. The molecule has 0 aliphatic carbocycles. The van der Waals surface area contributed by atoms with Gasteiger partial charge in [-0.3, -0.25) is 0 Å². The van der Waals surface area contributed by atoms with Gasteiger partial charge in [0.05, 0.1) is 7.11 Å². The molecule has 3 nitrogen and oxygen atoms in total. The number of nitrogens with one attached hydrogen (secondary N) is 1. The zero-order valence-corrected chi connectivity index (χ0v) is 12.0. The molecule has 17 heavy (non-hydrogen) atoms. The highest BCUT2D eigenvalue weighted by atomic mass is 79.9. The van der Waals surface area contributed by atoms with E-state index in [1.807, 2.05) is 20.8 Å². The van der Waals surface area contributed by atoms with E-state index < -0.39 is 0 Å². The Balaban J connectivity index is 2.58. The second-order valence-corrected chi connectivity index (χ2v) is 4.92. The van der Waals surface area contributed by atoms with E-state index in [4.69, 9.17) is 4.74 Å². The van der Waals surface area contributed by atoms with E-state index in [0.717, 1.165) is 38.6 Å². The van der Waals surface area contributed by atoms with Crippen LogP contribution in [0.15, 0.2) is 16.7 Å². The van der Waals surface area contributed by atoms with Gasteiger partial charge in [0.1, 0.15) is 21.9 Å². The largest absolute Gasteiger partial charge is 0.496 e. The number of rotatable bonds is 2. The Morgan fingerprint density at radius 2 is 1.76 bits per heavy atom. The van der Waals surface area contributed by atoms with E-state index in [1.54, 1.807) is 7.11 Å². The lowest BCUT2D eigenvalue weighted by Gasteiger charge is -2.10. The summed E-state index contributed by atoms with van der Waals surface area (Å²) in [6, 6.07) is 4.18. The van der Waals surface area contributed by atoms with Gasteiger partial charge in [-0.25, -0.2) is 4.98 Å². The molecule has 0 amide bonds. The summed E-state index contributed by atoms with van der Waals surface area (Å²) < 4.78 is 6.28. The van der Waals surface area contributed by atoms with Gasteiger partial charge in [0.2, 0.25) is 0 Å². The molecule has 1 N–H and O–H groups in total. The van der Waals surface area contributed by atoms with Gasteiger partial charge in [-0.2, -0.15) is 0 Å². The van der Waals surface area contributed by atoms with E-state index in [0.29, 0.717) is 0 Å². The fourth-order valence-electron chi connectivity index (χ4n) is 2.06. The van der Waals surface area contributed by atoms with Gasteiger partial charge >= 0.3 is 0 Å². The van der Waals surface area contributed by atoms with Crippen molar-refractivity contribution in [3.63, 3.8) is 0 Å². The fourth-order valence-corrected chi connectivity index (χ4v) is 2.67. The Hall–Kier alpha value is -1.29. The number of benzene rings is 1. The van der Waals surface area contributed by atoms with E-state index in [9.17, 15) is 0 Å². The number of hydrogen-bond donors (Lipinski definition) is 1. The molecule has 0 radical (unpaired) electrons. The summed E-state index contributed by atoms with van der Waals surface area (Å²) >= 11 is 3.49. The number of aryl methyl sites for hydroxylation is 3. The predicted molar refractivity (Wildman–Crippen MR) is 72.5 cm³/mol. The van der Waals surface area contributed by atoms with Gasteiger partial charge in [0.15, 0.2) is 0 Å². The first-order valence-electron chi connectivity index (χ1n) is 5.40. The second-order valence-electron chi connectivity index (χ2n) is 4.13. The molecular formula is C13H15BrN2O.